The van der Waals surface area contributed by atoms with Crippen molar-refractivity contribution >= 4 is 5.91 Å². The lowest BCUT2D eigenvalue weighted by atomic mass is 9.72. The first-order valence-electron chi connectivity index (χ1n) is 6.56. The zero-order chi connectivity index (χ0) is 12.7. The minimum absolute atomic E-state index is 0.0297. The average molecular weight is 249 g/mol. The molecule has 3 rings (SSSR count). The summed E-state index contributed by atoms with van der Waals surface area (Å²) in [7, 11) is 0. The lowest BCUT2D eigenvalue weighted by Crippen LogP contribution is -2.69. The highest BCUT2D eigenvalue weighted by atomic mass is 16.5. The van der Waals surface area contributed by atoms with Gasteiger partial charge < -0.3 is 20.8 Å². The summed E-state index contributed by atoms with van der Waals surface area (Å²) in [4.78, 5) is 15.2. The molecule has 0 radical (unpaired) electrons. The van der Waals surface area contributed by atoms with E-state index in [1.807, 2.05) is 19.1 Å². The first kappa shape index (κ1) is 11.7. The van der Waals surface area contributed by atoms with Gasteiger partial charge >= 0.3 is 0 Å². The van der Waals surface area contributed by atoms with Crippen molar-refractivity contribution < 1.29 is 9.53 Å². The minimum atomic E-state index is -0.0934. The van der Waals surface area contributed by atoms with Crippen molar-refractivity contribution in [3.8, 4) is 0 Å². The van der Waals surface area contributed by atoms with Gasteiger partial charge in [-0.05, 0) is 25.0 Å². The highest BCUT2D eigenvalue weighted by Crippen LogP contribution is 2.37. The number of hydrogen-bond donors (Lipinski definition) is 3. The molecule has 1 aliphatic heterocycles. The first-order valence-corrected chi connectivity index (χ1v) is 6.56. The highest BCUT2D eigenvalue weighted by molar-refractivity contribution is 5.92. The first-order chi connectivity index (χ1) is 8.70. The Kier molecular flexibility index (Phi) is 2.87. The van der Waals surface area contributed by atoms with Crippen LogP contribution < -0.4 is 11.1 Å². The minimum Gasteiger partial charge on any atom is -0.376 e. The van der Waals surface area contributed by atoms with Crippen molar-refractivity contribution in [2.45, 2.75) is 38.0 Å². The van der Waals surface area contributed by atoms with Crippen LogP contribution in [0.25, 0.3) is 0 Å². The maximum Gasteiger partial charge on any atom is 0.268 e. The molecule has 0 spiro atoms. The van der Waals surface area contributed by atoms with Crippen LogP contribution in [0.1, 0.15) is 29.5 Å². The average Bonchev–Trinajstić information content (AvgIpc) is 3.02. The Bertz CT molecular complexity index is 457. The summed E-state index contributed by atoms with van der Waals surface area (Å²) in [6.45, 7) is 2.81. The summed E-state index contributed by atoms with van der Waals surface area (Å²) >= 11 is 0. The molecule has 0 aromatic carbocycles. The Hall–Kier alpha value is -1.33. The van der Waals surface area contributed by atoms with Crippen molar-refractivity contribution in [2.75, 3.05) is 6.61 Å². The smallest absolute Gasteiger partial charge is 0.268 e. The van der Waals surface area contributed by atoms with E-state index in [2.05, 4.69) is 10.3 Å². The van der Waals surface area contributed by atoms with Crippen LogP contribution in [0.5, 0.6) is 0 Å². The SMILES string of the molecule is CCc1ccc(C(=O)N[C@@H]2[C@@H](N)[C@H]3CCO[C@H]32)[nH]1. The molecule has 1 aromatic heterocycles. The zero-order valence-electron chi connectivity index (χ0n) is 10.5. The molecule has 2 heterocycles. The van der Waals surface area contributed by atoms with Crippen molar-refractivity contribution in [3.05, 3.63) is 23.5 Å². The van der Waals surface area contributed by atoms with Crippen molar-refractivity contribution in [2.24, 2.45) is 11.7 Å². The maximum atomic E-state index is 12.1. The van der Waals surface area contributed by atoms with Crippen LogP contribution >= 0.6 is 0 Å². The zero-order valence-corrected chi connectivity index (χ0v) is 10.5. The standard InChI is InChI=1S/C13H19N3O2/c1-2-7-3-4-9(15-7)13(17)16-11-10(14)8-5-6-18-12(8)11/h3-4,8,10-12,15H,2,5-6,14H2,1H3,(H,16,17)/t8-,10+,11-,12-/m1/s1. The molecule has 0 bridgehead atoms. The second-order valence-corrected chi connectivity index (χ2v) is 5.12. The highest BCUT2D eigenvalue weighted by Gasteiger charge is 2.52. The largest absolute Gasteiger partial charge is 0.376 e. The quantitative estimate of drug-likeness (QED) is 0.726. The molecule has 1 saturated heterocycles. The fourth-order valence-electron chi connectivity index (χ4n) is 2.94. The number of fused-ring (bicyclic) bond motifs is 1. The predicted octanol–water partition coefficient (Wildman–Crippen LogP) is 0.421. The summed E-state index contributed by atoms with van der Waals surface area (Å²) in [5.74, 6) is 0.328. The lowest BCUT2D eigenvalue weighted by molar-refractivity contribution is -0.0161. The molecule has 5 nitrogen and oxygen atoms in total. The monoisotopic (exact) mass is 249 g/mol. The normalized spacial score (nSPS) is 33.9. The number of carbonyl (C=O) groups excluding carboxylic acids is 1. The number of aromatic amines is 1. The summed E-state index contributed by atoms with van der Waals surface area (Å²) in [5.41, 5.74) is 7.72. The van der Waals surface area contributed by atoms with E-state index in [0.29, 0.717) is 11.6 Å². The van der Waals surface area contributed by atoms with Crippen LogP contribution in [-0.2, 0) is 11.2 Å². The van der Waals surface area contributed by atoms with E-state index in [0.717, 1.165) is 25.1 Å². The van der Waals surface area contributed by atoms with Gasteiger partial charge in [0.25, 0.3) is 5.91 Å². The third-order valence-corrected chi connectivity index (χ3v) is 4.12. The number of hydrogen-bond acceptors (Lipinski definition) is 3. The molecular weight excluding hydrogens is 230 g/mol. The summed E-state index contributed by atoms with van der Waals surface area (Å²) in [5, 5.41) is 2.97. The van der Waals surface area contributed by atoms with Crippen LogP contribution in [0, 0.1) is 5.92 Å². The number of rotatable bonds is 3. The number of H-pyrrole nitrogens is 1. The lowest BCUT2D eigenvalue weighted by Gasteiger charge is -2.45. The summed E-state index contributed by atoms with van der Waals surface area (Å²) in [6.07, 6.45) is 2.02. The van der Waals surface area contributed by atoms with E-state index in [9.17, 15) is 4.79 Å². The van der Waals surface area contributed by atoms with Crippen LogP contribution in [0.4, 0.5) is 0 Å². The van der Waals surface area contributed by atoms with Gasteiger partial charge in [0, 0.05) is 24.3 Å². The molecule has 98 valence electrons. The van der Waals surface area contributed by atoms with Crippen molar-refractivity contribution in [3.63, 3.8) is 0 Å². The van der Waals surface area contributed by atoms with E-state index < -0.39 is 0 Å². The number of ether oxygens (including phenoxy) is 1. The van der Waals surface area contributed by atoms with E-state index in [-0.39, 0.29) is 24.1 Å². The molecule has 0 unspecified atom stereocenters. The Morgan fingerprint density at radius 1 is 1.61 bits per heavy atom. The van der Waals surface area contributed by atoms with Crippen LogP contribution in [0.2, 0.25) is 0 Å². The molecule has 1 aromatic rings. The molecule has 4 N–H and O–H groups in total. The van der Waals surface area contributed by atoms with Gasteiger partial charge in [-0.3, -0.25) is 4.79 Å². The van der Waals surface area contributed by atoms with Crippen molar-refractivity contribution in [1.82, 2.24) is 10.3 Å². The van der Waals surface area contributed by atoms with Gasteiger partial charge in [-0.15, -0.1) is 0 Å². The van der Waals surface area contributed by atoms with Gasteiger partial charge in [0.2, 0.25) is 0 Å². The number of aromatic nitrogens is 1. The van der Waals surface area contributed by atoms with E-state index >= 15 is 0 Å². The Balaban J connectivity index is 1.64. The van der Waals surface area contributed by atoms with Gasteiger partial charge in [0.05, 0.1) is 12.1 Å². The number of amides is 1. The molecule has 2 fully saturated rings. The summed E-state index contributed by atoms with van der Waals surface area (Å²) < 4.78 is 5.59. The van der Waals surface area contributed by atoms with E-state index in [4.69, 9.17) is 10.5 Å². The fourth-order valence-corrected chi connectivity index (χ4v) is 2.94. The molecular formula is C13H19N3O2. The number of nitrogens with two attached hydrogens (primary N) is 1. The van der Waals surface area contributed by atoms with Crippen LogP contribution in [0.15, 0.2) is 12.1 Å². The number of carbonyl (C=O) groups is 1. The Morgan fingerprint density at radius 3 is 3.17 bits per heavy atom. The third-order valence-electron chi connectivity index (χ3n) is 4.12. The predicted molar refractivity (Wildman–Crippen MR) is 67.2 cm³/mol. The van der Waals surface area contributed by atoms with Gasteiger partial charge in [-0.1, -0.05) is 6.92 Å². The molecule has 2 aliphatic rings. The molecule has 4 atom stereocenters. The molecule has 1 amide bonds. The molecule has 5 heteroatoms. The van der Waals surface area contributed by atoms with Crippen LogP contribution in [-0.4, -0.2) is 35.7 Å². The second-order valence-electron chi connectivity index (χ2n) is 5.12. The third kappa shape index (κ3) is 1.74. The maximum absolute atomic E-state index is 12.1. The number of nitrogens with one attached hydrogen (secondary N) is 2. The topological polar surface area (TPSA) is 80.1 Å². The van der Waals surface area contributed by atoms with Crippen molar-refractivity contribution in [1.29, 1.82) is 0 Å². The van der Waals surface area contributed by atoms with Crippen LogP contribution in [0.3, 0.4) is 0 Å². The summed E-state index contributed by atoms with van der Waals surface area (Å²) in [6, 6.07) is 3.73. The Labute approximate surface area is 106 Å². The molecule has 1 saturated carbocycles. The second kappa shape index (κ2) is 4.40. The van der Waals surface area contributed by atoms with E-state index in [1.165, 1.54) is 0 Å². The molecule has 1 aliphatic carbocycles. The van der Waals surface area contributed by atoms with Gasteiger partial charge in [-0.25, -0.2) is 0 Å². The number of aryl methyl sites for hydroxylation is 1. The van der Waals surface area contributed by atoms with Gasteiger partial charge in [0.1, 0.15) is 5.69 Å². The van der Waals surface area contributed by atoms with Gasteiger partial charge in [-0.2, -0.15) is 0 Å². The fraction of sp³-hybridized carbons (Fsp3) is 0.615. The van der Waals surface area contributed by atoms with E-state index in [1.54, 1.807) is 0 Å². The van der Waals surface area contributed by atoms with Gasteiger partial charge in [0.15, 0.2) is 0 Å². The Morgan fingerprint density at radius 2 is 2.44 bits per heavy atom. The molecule has 18 heavy (non-hydrogen) atoms.